The van der Waals surface area contributed by atoms with Crippen molar-refractivity contribution in [2.24, 2.45) is 0 Å². The molecule has 1 rings (SSSR count). The Kier molecular flexibility index (Phi) is 4.04. The van der Waals surface area contributed by atoms with Crippen molar-refractivity contribution < 1.29 is 19.8 Å². The third-order valence-corrected chi connectivity index (χ3v) is 2.49. The monoisotopic (exact) mass is 242 g/mol. The molecule has 5 heteroatoms. The highest BCUT2D eigenvalue weighted by Gasteiger charge is 2.23. The van der Waals surface area contributed by atoms with Crippen LogP contribution in [0.15, 0.2) is 18.2 Å². The van der Waals surface area contributed by atoms with E-state index in [1.807, 2.05) is 0 Å². The maximum absolute atomic E-state index is 11.6. The number of halogens is 1. The molecule has 1 atom stereocenters. The van der Waals surface area contributed by atoms with Crippen molar-refractivity contribution in [2.75, 3.05) is 0 Å². The highest BCUT2D eigenvalue weighted by Crippen LogP contribution is 2.26. The average molecular weight is 243 g/mol. The molecule has 0 aromatic heterocycles. The summed E-state index contributed by atoms with van der Waals surface area (Å²) in [5.74, 6) is -1.70. The van der Waals surface area contributed by atoms with Crippen LogP contribution in [0.2, 0.25) is 5.02 Å². The lowest BCUT2D eigenvalue weighted by molar-refractivity contribution is -0.146. The number of rotatable bonds is 4. The number of ketones is 1. The van der Waals surface area contributed by atoms with Gasteiger partial charge < -0.3 is 10.2 Å². The Balaban J connectivity index is 3.33. The number of carbonyl (C=O) groups is 2. The summed E-state index contributed by atoms with van der Waals surface area (Å²) >= 11 is 5.83. The average Bonchev–Trinajstić information content (AvgIpc) is 2.26. The van der Waals surface area contributed by atoms with Crippen LogP contribution < -0.4 is 0 Å². The van der Waals surface area contributed by atoms with Crippen LogP contribution in [-0.2, 0) is 4.79 Å². The quantitative estimate of drug-likeness (QED) is 0.793. The maximum Gasteiger partial charge on any atom is 0.337 e. The van der Waals surface area contributed by atoms with Crippen LogP contribution in [-0.4, -0.2) is 22.0 Å². The molecule has 1 unspecified atom stereocenters. The zero-order valence-electron chi connectivity index (χ0n) is 8.61. The fourth-order valence-corrected chi connectivity index (χ4v) is 1.66. The minimum Gasteiger partial charge on any atom is -0.479 e. The predicted molar refractivity (Wildman–Crippen MR) is 58.7 cm³/mol. The third-order valence-electron chi connectivity index (χ3n) is 2.17. The molecule has 0 aliphatic rings. The SMILES string of the molecule is CCC(=O)c1c(Cl)cccc1C(O)C(=O)O. The van der Waals surface area contributed by atoms with Gasteiger partial charge in [-0.25, -0.2) is 4.79 Å². The fourth-order valence-electron chi connectivity index (χ4n) is 1.37. The predicted octanol–water partition coefficient (Wildman–Crippen LogP) is 2.05. The molecule has 0 saturated heterocycles. The van der Waals surface area contributed by atoms with Crippen molar-refractivity contribution in [1.82, 2.24) is 0 Å². The molecule has 0 aliphatic heterocycles. The summed E-state index contributed by atoms with van der Waals surface area (Å²) in [6.45, 7) is 1.64. The molecular weight excluding hydrogens is 232 g/mol. The third kappa shape index (κ3) is 2.40. The Bertz CT molecular complexity index is 428. The zero-order chi connectivity index (χ0) is 12.3. The van der Waals surface area contributed by atoms with E-state index in [1.54, 1.807) is 6.92 Å². The van der Waals surface area contributed by atoms with Crippen molar-refractivity contribution in [1.29, 1.82) is 0 Å². The molecule has 4 nitrogen and oxygen atoms in total. The van der Waals surface area contributed by atoms with Crippen LogP contribution in [0.25, 0.3) is 0 Å². The molecule has 1 aromatic rings. The van der Waals surface area contributed by atoms with Crippen LogP contribution in [0.1, 0.15) is 35.4 Å². The number of aliphatic carboxylic acids is 1. The number of hydrogen-bond acceptors (Lipinski definition) is 3. The van der Waals surface area contributed by atoms with Gasteiger partial charge in [0.1, 0.15) is 0 Å². The van der Waals surface area contributed by atoms with Crippen LogP contribution in [0.5, 0.6) is 0 Å². The van der Waals surface area contributed by atoms with Gasteiger partial charge >= 0.3 is 5.97 Å². The van der Waals surface area contributed by atoms with Gasteiger partial charge in [0, 0.05) is 17.5 Å². The first-order chi connectivity index (χ1) is 7.49. The van der Waals surface area contributed by atoms with Gasteiger partial charge in [-0.15, -0.1) is 0 Å². The molecule has 0 fully saturated rings. The minimum atomic E-state index is -1.73. The Labute approximate surface area is 97.5 Å². The lowest BCUT2D eigenvalue weighted by Crippen LogP contribution is -2.15. The molecule has 0 bridgehead atoms. The largest absolute Gasteiger partial charge is 0.479 e. The van der Waals surface area contributed by atoms with E-state index >= 15 is 0 Å². The van der Waals surface area contributed by atoms with Gasteiger partial charge in [-0.3, -0.25) is 4.79 Å². The van der Waals surface area contributed by atoms with E-state index in [0.717, 1.165) is 0 Å². The summed E-state index contributed by atoms with van der Waals surface area (Å²) in [6.07, 6.45) is -1.53. The number of Topliss-reactive ketones (excluding diaryl/α,β-unsaturated/α-hetero) is 1. The van der Waals surface area contributed by atoms with Crippen LogP contribution in [0.3, 0.4) is 0 Å². The van der Waals surface area contributed by atoms with Crippen molar-refractivity contribution >= 4 is 23.4 Å². The highest BCUT2D eigenvalue weighted by molar-refractivity contribution is 6.34. The molecule has 0 amide bonds. The summed E-state index contributed by atoms with van der Waals surface area (Å²) < 4.78 is 0. The second kappa shape index (κ2) is 5.09. The molecule has 16 heavy (non-hydrogen) atoms. The van der Waals surface area contributed by atoms with E-state index in [2.05, 4.69) is 0 Å². The number of carboxylic acid groups (broad SMARTS) is 1. The number of aliphatic hydroxyl groups is 1. The maximum atomic E-state index is 11.6. The van der Waals surface area contributed by atoms with E-state index < -0.39 is 12.1 Å². The number of hydrogen-bond donors (Lipinski definition) is 2. The van der Waals surface area contributed by atoms with Gasteiger partial charge in [0.05, 0.1) is 5.02 Å². The molecule has 0 heterocycles. The smallest absolute Gasteiger partial charge is 0.337 e. The number of carboxylic acids is 1. The second-order valence-corrected chi connectivity index (χ2v) is 3.63. The molecule has 86 valence electrons. The van der Waals surface area contributed by atoms with Crippen molar-refractivity contribution in [2.45, 2.75) is 19.4 Å². The van der Waals surface area contributed by atoms with E-state index in [1.165, 1.54) is 18.2 Å². The first-order valence-corrected chi connectivity index (χ1v) is 5.09. The first kappa shape index (κ1) is 12.7. The minimum absolute atomic E-state index is 0.0341. The summed E-state index contributed by atoms with van der Waals surface area (Å²) in [4.78, 5) is 22.3. The fraction of sp³-hybridized carbons (Fsp3) is 0.273. The number of aliphatic hydroxyl groups excluding tert-OH is 1. The van der Waals surface area contributed by atoms with Gasteiger partial charge in [0.2, 0.25) is 0 Å². The Morgan fingerprint density at radius 2 is 2.06 bits per heavy atom. The summed E-state index contributed by atoms with van der Waals surface area (Å²) in [6, 6.07) is 4.37. The topological polar surface area (TPSA) is 74.6 Å². The van der Waals surface area contributed by atoms with Gasteiger partial charge in [-0.1, -0.05) is 30.7 Å². The van der Waals surface area contributed by atoms with E-state index in [-0.39, 0.29) is 28.4 Å². The number of carbonyl (C=O) groups excluding carboxylic acids is 1. The molecule has 1 aromatic carbocycles. The van der Waals surface area contributed by atoms with Gasteiger partial charge in [0.25, 0.3) is 0 Å². The standard InChI is InChI=1S/C11H11ClO4/c1-2-8(13)9-6(10(14)11(15)16)4-3-5-7(9)12/h3-5,10,14H,2H2,1H3,(H,15,16). The van der Waals surface area contributed by atoms with Gasteiger partial charge in [0.15, 0.2) is 11.9 Å². The highest BCUT2D eigenvalue weighted by atomic mass is 35.5. The number of benzene rings is 1. The lowest BCUT2D eigenvalue weighted by Gasteiger charge is -2.12. The summed E-state index contributed by atoms with van der Waals surface area (Å²) in [7, 11) is 0. The lowest BCUT2D eigenvalue weighted by atomic mass is 9.98. The van der Waals surface area contributed by atoms with Crippen molar-refractivity contribution in [3.8, 4) is 0 Å². The second-order valence-electron chi connectivity index (χ2n) is 3.22. The Morgan fingerprint density at radius 1 is 1.44 bits per heavy atom. The van der Waals surface area contributed by atoms with Crippen LogP contribution >= 0.6 is 11.6 Å². The van der Waals surface area contributed by atoms with Crippen LogP contribution in [0, 0.1) is 0 Å². The van der Waals surface area contributed by atoms with Gasteiger partial charge in [-0.05, 0) is 6.07 Å². The normalized spacial score (nSPS) is 12.2. The first-order valence-electron chi connectivity index (χ1n) is 4.71. The molecule has 2 N–H and O–H groups in total. The summed E-state index contributed by atoms with van der Waals surface area (Å²) in [5, 5.41) is 18.3. The van der Waals surface area contributed by atoms with Crippen LogP contribution in [0.4, 0.5) is 0 Å². The van der Waals surface area contributed by atoms with Gasteiger partial charge in [-0.2, -0.15) is 0 Å². The van der Waals surface area contributed by atoms with Crippen molar-refractivity contribution in [3.63, 3.8) is 0 Å². The van der Waals surface area contributed by atoms with E-state index in [0.29, 0.717) is 0 Å². The Morgan fingerprint density at radius 3 is 2.56 bits per heavy atom. The van der Waals surface area contributed by atoms with E-state index in [4.69, 9.17) is 16.7 Å². The zero-order valence-corrected chi connectivity index (χ0v) is 9.36. The molecule has 0 saturated carbocycles. The van der Waals surface area contributed by atoms with Crippen molar-refractivity contribution in [3.05, 3.63) is 34.3 Å². The molecule has 0 aliphatic carbocycles. The molecule has 0 spiro atoms. The Hall–Kier alpha value is -1.39. The molecular formula is C11H11ClO4. The molecule has 0 radical (unpaired) electrons. The summed E-state index contributed by atoms with van der Waals surface area (Å²) in [5.41, 5.74) is 0.119. The van der Waals surface area contributed by atoms with E-state index in [9.17, 15) is 14.7 Å².